The lowest BCUT2D eigenvalue weighted by atomic mass is 9.38. The molecule has 1 aliphatic heterocycles. The molecular formula is C27H8BF11O3. The van der Waals surface area contributed by atoms with Gasteiger partial charge in [-0.25, -0.2) is 22.0 Å². The summed E-state index contributed by atoms with van der Waals surface area (Å²) in [6.45, 7) is -1.90. The summed E-state index contributed by atoms with van der Waals surface area (Å²) >= 11 is 0. The van der Waals surface area contributed by atoms with Crippen molar-refractivity contribution in [3.63, 3.8) is 0 Å². The standard InChI is InChI=1S/C27H8BF11O3/c29-20-19(21(30)23(32)24(33)22(20)31)28-15-6-5-12-11-3-1-9(41-26(34,35)36)7-14(11)25(40)18(12)17(15)13-4-2-10(8-16(13)28)42-27(37,38)39/h1-8H. The predicted molar refractivity (Wildman–Crippen MR) is 125 cm³/mol. The van der Waals surface area contributed by atoms with E-state index in [0.717, 1.165) is 30.3 Å². The number of alkyl halides is 6. The van der Waals surface area contributed by atoms with Crippen molar-refractivity contribution in [2.45, 2.75) is 12.7 Å². The minimum Gasteiger partial charge on any atom is -0.406 e. The number of benzene rings is 4. The molecule has 0 saturated carbocycles. The maximum Gasteiger partial charge on any atom is 0.573 e. The van der Waals surface area contributed by atoms with E-state index in [0.29, 0.717) is 6.07 Å². The summed E-state index contributed by atoms with van der Waals surface area (Å²) in [5.41, 5.74) is -2.36. The molecule has 0 atom stereocenters. The van der Waals surface area contributed by atoms with Crippen LogP contribution in [0.15, 0.2) is 48.5 Å². The van der Waals surface area contributed by atoms with Gasteiger partial charge < -0.3 is 9.47 Å². The van der Waals surface area contributed by atoms with Gasteiger partial charge in [0.25, 0.3) is 6.71 Å². The zero-order chi connectivity index (χ0) is 30.5. The van der Waals surface area contributed by atoms with Gasteiger partial charge in [0.1, 0.15) is 11.5 Å². The zero-order valence-corrected chi connectivity index (χ0v) is 20.1. The highest BCUT2D eigenvalue weighted by atomic mass is 19.4. The fraction of sp³-hybridized carbons (Fsp3) is 0.0741. The minimum atomic E-state index is -5.21. The zero-order valence-electron chi connectivity index (χ0n) is 20.1. The first-order valence-electron chi connectivity index (χ1n) is 11.6. The van der Waals surface area contributed by atoms with E-state index in [1.807, 2.05) is 0 Å². The van der Waals surface area contributed by atoms with Gasteiger partial charge >= 0.3 is 12.7 Å². The number of hydrogen-bond acceptors (Lipinski definition) is 3. The van der Waals surface area contributed by atoms with E-state index >= 15 is 8.78 Å². The van der Waals surface area contributed by atoms with Crippen LogP contribution >= 0.6 is 0 Å². The molecule has 4 aromatic rings. The fourth-order valence-electron chi connectivity index (χ4n) is 5.45. The van der Waals surface area contributed by atoms with Gasteiger partial charge in [-0.1, -0.05) is 29.1 Å². The number of carbonyl (C=O) groups is 1. The smallest absolute Gasteiger partial charge is 0.406 e. The minimum absolute atomic E-state index is 0.0989. The lowest BCUT2D eigenvalue weighted by Gasteiger charge is -2.16. The van der Waals surface area contributed by atoms with Crippen LogP contribution in [-0.4, -0.2) is 25.2 Å². The Balaban J connectivity index is 1.61. The van der Waals surface area contributed by atoms with Gasteiger partial charge in [-0.2, -0.15) is 0 Å². The molecule has 0 radical (unpaired) electrons. The predicted octanol–water partition coefficient (Wildman–Crippen LogP) is 5.89. The summed E-state index contributed by atoms with van der Waals surface area (Å²) in [5.74, 6) is -14.0. The monoisotopic (exact) mass is 600 g/mol. The molecular weight excluding hydrogens is 592 g/mol. The lowest BCUT2D eigenvalue weighted by molar-refractivity contribution is -0.275. The SMILES string of the molecule is O=C1c2cc(OC(F)(F)F)ccc2-c2ccc3c(c21)-c1ccc(OC(F)(F)F)cc1B3c1c(F)c(F)c(F)c(F)c1F. The normalized spacial score (nSPS) is 13.6. The number of fused-ring (bicyclic) bond motifs is 7. The highest BCUT2D eigenvalue weighted by molar-refractivity contribution is 6.99. The molecule has 6 rings (SSSR count). The molecule has 0 amide bonds. The molecule has 214 valence electrons. The second kappa shape index (κ2) is 8.97. The largest absolute Gasteiger partial charge is 0.573 e. The molecule has 0 unspecified atom stereocenters. The van der Waals surface area contributed by atoms with E-state index in [9.17, 15) is 44.3 Å². The molecule has 15 heteroatoms. The van der Waals surface area contributed by atoms with Crippen molar-refractivity contribution in [1.29, 1.82) is 0 Å². The molecule has 0 saturated heterocycles. The van der Waals surface area contributed by atoms with E-state index in [2.05, 4.69) is 9.47 Å². The van der Waals surface area contributed by atoms with Crippen LogP contribution in [0, 0.1) is 29.1 Å². The summed E-state index contributed by atoms with van der Waals surface area (Å²) in [5, 5.41) is 0. The van der Waals surface area contributed by atoms with Crippen molar-refractivity contribution < 1.29 is 62.6 Å². The summed E-state index contributed by atoms with van der Waals surface area (Å²) in [6.07, 6.45) is -10.3. The number of carbonyl (C=O) groups excluding carboxylic acids is 1. The van der Waals surface area contributed by atoms with Gasteiger partial charge in [-0.3, -0.25) is 4.79 Å². The van der Waals surface area contributed by atoms with E-state index < -0.39 is 71.3 Å². The average molecular weight is 600 g/mol. The third-order valence-corrected chi connectivity index (χ3v) is 6.90. The van der Waals surface area contributed by atoms with Crippen molar-refractivity contribution in [3.05, 3.63) is 88.7 Å². The molecule has 0 aromatic heterocycles. The molecule has 0 N–H and O–H groups in total. The summed E-state index contributed by atoms with van der Waals surface area (Å²) in [7, 11) is 0. The molecule has 2 aliphatic rings. The van der Waals surface area contributed by atoms with Crippen LogP contribution in [0.5, 0.6) is 11.5 Å². The topological polar surface area (TPSA) is 35.5 Å². The maximum atomic E-state index is 15.1. The van der Waals surface area contributed by atoms with E-state index in [1.54, 1.807) is 0 Å². The van der Waals surface area contributed by atoms with Gasteiger partial charge in [0, 0.05) is 16.6 Å². The lowest BCUT2D eigenvalue weighted by Crippen LogP contribution is -2.52. The van der Waals surface area contributed by atoms with Crippen LogP contribution in [-0.2, 0) is 0 Å². The van der Waals surface area contributed by atoms with Crippen molar-refractivity contribution in [2.75, 3.05) is 0 Å². The molecule has 4 aromatic carbocycles. The van der Waals surface area contributed by atoms with Gasteiger partial charge in [0.15, 0.2) is 34.9 Å². The summed E-state index contributed by atoms with van der Waals surface area (Å²) < 4.78 is 157. The summed E-state index contributed by atoms with van der Waals surface area (Å²) in [6, 6.07) is 7.87. The van der Waals surface area contributed by atoms with Crippen molar-refractivity contribution in [2.24, 2.45) is 0 Å². The first-order valence-corrected chi connectivity index (χ1v) is 11.6. The number of hydrogen-bond donors (Lipinski definition) is 0. The number of halogens is 11. The molecule has 0 fully saturated rings. The number of ether oxygens (including phenoxy) is 2. The quantitative estimate of drug-likeness (QED) is 0.110. The Morgan fingerprint density at radius 3 is 1.60 bits per heavy atom. The van der Waals surface area contributed by atoms with E-state index in [1.165, 1.54) is 12.1 Å². The average Bonchev–Trinajstić information content (AvgIpc) is 3.36. The molecule has 0 spiro atoms. The Morgan fingerprint density at radius 2 is 1.02 bits per heavy atom. The van der Waals surface area contributed by atoms with Gasteiger partial charge in [-0.05, 0) is 52.6 Å². The summed E-state index contributed by atoms with van der Waals surface area (Å²) in [4.78, 5) is 13.5. The Hall–Kier alpha value is -4.56. The third-order valence-electron chi connectivity index (χ3n) is 6.90. The van der Waals surface area contributed by atoms with Crippen LogP contribution in [0.25, 0.3) is 22.3 Å². The Labute approximate surface area is 227 Å². The molecule has 1 aliphatic carbocycles. The van der Waals surface area contributed by atoms with E-state index in [4.69, 9.17) is 0 Å². The number of rotatable bonds is 3. The Kier molecular flexibility index (Phi) is 5.90. The highest BCUT2D eigenvalue weighted by Gasteiger charge is 2.45. The molecule has 0 bridgehead atoms. The number of ketones is 1. The van der Waals surface area contributed by atoms with E-state index in [-0.39, 0.29) is 44.3 Å². The van der Waals surface area contributed by atoms with Gasteiger partial charge in [0.05, 0.1) is 0 Å². The van der Waals surface area contributed by atoms with Crippen LogP contribution in [0.2, 0.25) is 0 Å². The second-order valence-electron chi connectivity index (χ2n) is 9.25. The van der Waals surface area contributed by atoms with Crippen LogP contribution < -0.4 is 25.9 Å². The first-order chi connectivity index (χ1) is 19.6. The van der Waals surface area contributed by atoms with Crippen LogP contribution in [0.3, 0.4) is 0 Å². The molecule has 3 nitrogen and oxygen atoms in total. The van der Waals surface area contributed by atoms with Gasteiger partial charge in [0.2, 0.25) is 0 Å². The third kappa shape index (κ3) is 4.17. The van der Waals surface area contributed by atoms with Crippen molar-refractivity contribution in [3.8, 4) is 33.8 Å². The highest BCUT2D eigenvalue weighted by Crippen LogP contribution is 2.44. The molecule has 42 heavy (non-hydrogen) atoms. The van der Waals surface area contributed by atoms with Crippen LogP contribution in [0.1, 0.15) is 15.9 Å². The first kappa shape index (κ1) is 27.6. The van der Waals surface area contributed by atoms with Crippen LogP contribution in [0.4, 0.5) is 48.3 Å². The molecule has 1 heterocycles. The Morgan fingerprint density at radius 1 is 0.524 bits per heavy atom. The maximum absolute atomic E-state index is 15.1. The van der Waals surface area contributed by atoms with Crippen molar-refractivity contribution >= 4 is 28.9 Å². The van der Waals surface area contributed by atoms with Crippen molar-refractivity contribution in [1.82, 2.24) is 0 Å². The Bertz CT molecular complexity index is 1820. The second-order valence-corrected chi connectivity index (χ2v) is 9.25. The fourth-order valence-corrected chi connectivity index (χ4v) is 5.45. The van der Waals surface area contributed by atoms with Gasteiger partial charge in [-0.15, -0.1) is 26.3 Å².